The number of aliphatic carboxylic acids is 2. The Balaban J connectivity index is 3.92. The lowest BCUT2D eigenvalue weighted by Gasteiger charge is -2.20. The lowest BCUT2D eigenvalue weighted by Crippen LogP contribution is -2.28. The molecule has 2 N–H and O–H groups in total. The Morgan fingerprint density at radius 2 is 1.31 bits per heavy atom. The van der Waals surface area contributed by atoms with Crippen LogP contribution >= 0.6 is 0 Å². The molecular formula is C18H30O8. The van der Waals surface area contributed by atoms with Gasteiger partial charge in [0.25, 0.3) is 12.9 Å². The van der Waals surface area contributed by atoms with Crippen LogP contribution in [0.25, 0.3) is 0 Å². The van der Waals surface area contributed by atoms with Crippen molar-refractivity contribution in [3.05, 3.63) is 0 Å². The molecule has 150 valence electrons. The second kappa shape index (κ2) is 14.1. The van der Waals surface area contributed by atoms with E-state index in [1.54, 1.807) is 6.92 Å². The number of hydrogen-bond donors (Lipinski definition) is 2. The Morgan fingerprint density at radius 3 is 1.77 bits per heavy atom. The van der Waals surface area contributed by atoms with Gasteiger partial charge in [-0.1, -0.05) is 39.0 Å². The van der Waals surface area contributed by atoms with Gasteiger partial charge in [-0.2, -0.15) is 0 Å². The molecule has 26 heavy (non-hydrogen) atoms. The Morgan fingerprint density at radius 1 is 0.808 bits per heavy atom. The van der Waals surface area contributed by atoms with Crippen LogP contribution in [0.4, 0.5) is 0 Å². The third kappa shape index (κ3) is 10.0. The maximum absolute atomic E-state index is 11.1. The first-order valence-corrected chi connectivity index (χ1v) is 8.98. The van der Waals surface area contributed by atoms with Crippen molar-refractivity contribution in [2.24, 2.45) is 11.8 Å². The summed E-state index contributed by atoms with van der Waals surface area (Å²) in [6, 6.07) is 0. The standard InChI is InChI=1S/C18H30O8/c1-13(17(21)22)15(18(23)24)9-7-5-3-4-6-8-10-16(26-12-20)14(2)25-11-19/h11-16H,3-10H2,1-2H3,(H,21,22)(H,23,24). The summed E-state index contributed by atoms with van der Waals surface area (Å²) in [6.45, 7) is 3.78. The van der Waals surface area contributed by atoms with Crippen LogP contribution in [0.1, 0.15) is 65.2 Å². The van der Waals surface area contributed by atoms with E-state index in [-0.39, 0.29) is 0 Å². The summed E-state index contributed by atoms with van der Waals surface area (Å²) in [5.74, 6) is -3.89. The summed E-state index contributed by atoms with van der Waals surface area (Å²) in [7, 11) is 0. The first-order chi connectivity index (χ1) is 12.3. The third-order valence-corrected chi connectivity index (χ3v) is 4.59. The second-order valence-electron chi connectivity index (χ2n) is 6.48. The summed E-state index contributed by atoms with van der Waals surface area (Å²) < 4.78 is 9.71. The number of ether oxygens (including phenoxy) is 2. The van der Waals surface area contributed by atoms with Crippen LogP contribution < -0.4 is 0 Å². The monoisotopic (exact) mass is 374 g/mol. The molecule has 0 saturated heterocycles. The molecule has 0 aromatic carbocycles. The first-order valence-electron chi connectivity index (χ1n) is 8.98. The number of carbonyl (C=O) groups is 4. The molecular weight excluding hydrogens is 344 g/mol. The molecule has 0 saturated carbocycles. The van der Waals surface area contributed by atoms with Crippen molar-refractivity contribution in [3.63, 3.8) is 0 Å². The highest BCUT2D eigenvalue weighted by atomic mass is 16.6. The number of hydrogen-bond acceptors (Lipinski definition) is 6. The fourth-order valence-electron chi connectivity index (χ4n) is 2.84. The number of rotatable bonds is 17. The molecule has 0 spiro atoms. The van der Waals surface area contributed by atoms with E-state index in [4.69, 9.17) is 19.7 Å². The van der Waals surface area contributed by atoms with Gasteiger partial charge in [-0.05, 0) is 26.2 Å². The van der Waals surface area contributed by atoms with E-state index in [9.17, 15) is 19.2 Å². The summed E-state index contributed by atoms with van der Waals surface area (Å²) in [5, 5.41) is 18.0. The van der Waals surface area contributed by atoms with E-state index >= 15 is 0 Å². The second-order valence-corrected chi connectivity index (χ2v) is 6.48. The van der Waals surface area contributed by atoms with Gasteiger partial charge in [-0.25, -0.2) is 0 Å². The van der Waals surface area contributed by atoms with Gasteiger partial charge in [-0.15, -0.1) is 0 Å². The lowest BCUT2D eigenvalue weighted by molar-refractivity contribution is -0.153. The van der Waals surface area contributed by atoms with E-state index in [0.717, 1.165) is 32.1 Å². The quantitative estimate of drug-likeness (QED) is 0.294. The zero-order valence-corrected chi connectivity index (χ0v) is 15.5. The molecule has 0 radical (unpaired) electrons. The minimum Gasteiger partial charge on any atom is -0.481 e. The van der Waals surface area contributed by atoms with Crippen molar-refractivity contribution in [3.8, 4) is 0 Å². The molecule has 8 nitrogen and oxygen atoms in total. The minimum atomic E-state index is -1.09. The van der Waals surface area contributed by atoms with Crippen molar-refractivity contribution >= 4 is 24.9 Å². The van der Waals surface area contributed by atoms with Crippen LogP contribution in [0.15, 0.2) is 0 Å². The number of unbranched alkanes of at least 4 members (excludes halogenated alkanes) is 5. The van der Waals surface area contributed by atoms with Gasteiger partial charge in [0, 0.05) is 0 Å². The van der Waals surface area contributed by atoms with Crippen LogP contribution in [0.3, 0.4) is 0 Å². The van der Waals surface area contributed by atoms with Crippen molar-refractivity contribution in [2.75, 3.05) is 0 Å². The van der Waals surface area contributed by atoms with Gasteiger partial charge in [0.05, 0.1) is 11.8 Å². The molecule has 0 aromatic rings. The van der Waals surface area contributed by atoms with Gasteiger partial charge in [0.15, 0.2) is 0 Å². The Bertz CT molecular complexity index is 437. The summed E-state index contributed by atoms with van der Waals surface area (Å²) >= 11 is 0. The maximum Gasteiger partial charge on any atom is 0.307 e. The predicted octanol–water partition coefficient (Wildman–Crippen LogP) is 2.63. The van der Waals surface area contributed by atoms with Crippen LogP contribution in [0.5, 0.6) is 0 Å². The van der Waals surface area contributed by atoms with E-state index in [1.807, 2.05) is 0 Å². The van der Waals surface area contributed by atoms with E-state index in [0.29, 0.717) is 32.2 Å². The molecule has 0 aliphatic rings. The molecule has 0 aliphatic carbocycles. The van der Waals surface area contributed by atoms with Crippen molar-refractivity contribution in [1.29, 1.82) is 0 Å². The molecule has 0 aliphatic heterocycles. The summed E-state index contributed by atoms with van der Waals surface area (Å²) in [6.07, 6.45) is 5.15. The highest BCUT2D eigenvalue weighted by Gasteiger charge is 2.29. The number of carbonyl (C=O) groups excluding carboxylic acids is 2. The van der Waals surface area contributed by atoms with Crippen LogP contribution in [-0.4, -0.2) is 47.3 Å². The Kier molecular flexibility index (Phi) is 12.9. The topological polar surface area (TPSA) is 127 Å². The largest absolute Gasteiger partial charge is 0.481 e. The fourth-order valence-corrected chi connectivity index (χ4v) is 2.84. The van der Waals surface area contributed by atoms with Crippen LogP contribution in [0.2, 0.25) is 0 Å². The molecule has 0 amide bonds. The summed E-state index contributed by atoms with van der Waals surface area (Å²) in [5.41, 5.74) is 0. The average molecular weight is 374 g/mol. The van der Waals surface area contributed by atoms with Gasteiger partial charge in [-0.3, -0.25) is 19.2 Å². The lowest BCUT2D eigenvalue weighted by atomic mass is 9.89. The van der Waals surface area contributed by atoms with Crippen molar-refractivity contribution in [1.82, 2.24) is 0 Å². The normalized spacial score (nSPS) is 15.3. The van der Waals surface area contributed by atoms with Crippen molar-refractivity contribution < 1.29 is 38.9 Å². The SMILES string of the molecule is CC(OC=O)C(CCCCCCCCC(C(=O)O)C(C)C(=O)O)OC=O. The summed E-state index contributed by atoms with van der Waals surface area (Å²) in [4.78, 5) is 42.9. The average Bonchev–Trinajstić information content (AvgIpc) is 2.58. The van der Waals surface area contributed by atoms with E-state index in [1.165, 1.54) is 6.92 Å². The fraction of sp³-hybridized carbons (Fsp3) is 0.778. The molecule has 0 heterocycles. The minimum absolute atomic E-state index is 0.335. The molecule has 0 bridgehead atoms. The molecule has 4 unspecified atom stereocenters. The zero-order valence-electron chi connectivity index (χ0n) is 15.5. The zero-order chi connectivity index (χ0) is 19.9. The van der Waals surface area contributed by atoms with Crippen LogP contribution in [0, 0.1) is 11.8 Å². The number of carboxylic acids is 2. The van der Waals surface area contributed by atoms with Gasteiger partial charge in [0.1, 0.15) is 12.2 Å². The third-order valence-electron chi connectivity index (χ3n) is 4.59. The molecule has 0 rings (SSSR count). The smallest absolute Gasteiger partial charge is 0.307 e. The molecule has 0 fully saturated rings. The van der Waals surface area contributed by atoms with E-state index < -0.39 is 36.0 Å². The van der Waals surface area contributed by atoms with Crippen LogP contribution in [-0.2, 0) is 28.7 Å². The highest BCUT2D eigenvalue weighted by Crippen LogP contribution is 2.21. The van der Waals surface area contributed by atoms with Gasteiger partial charge >= 0.3 is 11.9 Å². The predicted molar refractivity (Wildman–Crippen MR) is 92.4 cm³/mol. The molecule has 0 aromatic heterocycles. The van der Waals surface area contributed by atoms with E-state index in [2.05, 4.69) is 0 Å². The maximum atomic E-state index is 11.1. The molecule has 8 heteroatoms. The Hall–Kier alpha value is -2.12. The highest BCUT2D eigenvalue weighted by molar-refractivity contribution is 5.79. The Labute approximate surface area is 153 Å². The number of carboxylic acid groups (broad SMARTS) is 2. The van der Waals surface area contributed by atoms with Crippen molar-refractivity contribution in [2.45, 2.75) is 77.4 Å². The molecule has 4 atom stereocenters. The van der Waals surface area contributed by atoms with Gasteiger partial charge < -0.3 is 19.7 Å². The van der Waals surface area contributed by atoms with Gasteiger partial charge in [0.2, 0.25) is 0 Å². The first kappa shape index (κ1) is 23.9.